The molecular formula is C18H17ClN4. The zero-order valence-corrected chi connectivity index (χ0v) is 13.4. The minimum absolute atomic E-state index is 0.219. The first-order valence-electron chi connectivity index (χ1n) is 7.77. The lowest BCUT2D eigenvalue weighted by molar-refractivity contribution is 0.717. The molecule has 0 saturated carbocycles. The molecule has 116 valence electrons. The van der Waals surface area contributed by atoms with Crippen LogP contribution in [-0.2, 0) is 0 Å². The van der Waals surface area contributed by atoms with Crippen molar-refractivity contribution in [2.75, 3.05) is 17.2 Å². The molecule has 0 unspecified atom stereocenters. The zero-order chi connectivity index (χ0) is 15.8. The zero-order valence-electron chi connectivity index (χ0n) is 12.6. The van der Waals surface area contributed by atoms with Gasteiger partial charge in [0.15, 0.2) is 0 Å². The van der Waals surface area contributed by atoms with Crippen LogP contribution in [0.4, 0.5) is 11.8 Å². The molecule has 0 amide bonds. The van der Waals surface area contributed by atoms with E-state index in [9.17, 15) is 0 Å². The third-order valence-electron chi connectivity index (χ3n) is 4.43. The lowest BCUT2D eigenvalue weighted by atomic mass is 9.97. The van der Waals surface area contributed by atoms with Crippen LogP contribution in [-0.4, -0.2) is 16.5 Å². The highest BCUT2D eigenvalue weighted by Gasteiger charge is 2.28. The molecule has 1 aliphatic rings. The van der Waals surface area contributed by atoms with E-state index in [0.29, 0.717) is 5.15 Å². The number of anilines is 2. The lowest BCUT2D eigenvalue weighted by Gasteiger charge is -2.27. The van der Waals surface area contributed by atoms with E-state index in [1.54, 1.807) is 6.07 Å². The second-order valence-corrected chi connectivity index (χ2v) is 6.21. The van der Waals surface area contributed by atoms with Gasteiger partial charge in [-0.25, -0.2) is 4.98 Å². The highest BCUT2D eigenvalue weighted by molar-refractivity contribution is 6.29. The first-order valence-corrected chi connectivity index (χ1v) is 8.14. The molecule has 0 radical (unpaired) electrons. The second kappa shape index (κ2) is 5.70. The third-order valence-corrected chi connectivity index (χ3v) is 4.62. The minimum Gasteiger partial charge on any atom is -0.368 e. The fourth-order valence-corrected chi connectivity index (χ4v) is 3.66. The van der Waals surface area contributed by atoms with Crippen LogP contribution in [0.5, 0.6) is 0 Å². The highest BCUT2D eigenvalue weighted by Crippen LogP contribution is 2.38. The molecule has 3 aromatic rings. The summed E-state index contributed by atoms with van der Waals surface area (Å²) in [6.07, 6.45) is 2.21. The Balaban J connectivity index is 1.80. The first kappa shape index (κ1) is 14.3. The topological polar surface area (TPSA) is 55.0 Å². The Morgan fingerprint density at radius 2 is 1.91 bits per heavy atom. The van der Waals surface area contributed by atoms with Gasteiger partial charge in [0.25, 0.3) is 0 Å². The fourth-order valence-electron chi connectivity index (χ4n) is 3.48. The van der Waals surface area contributed by atoms with Gasteiger partial charge < -0.3 is 10.6 Å². The van der Waals surface area contributed by atoms with Crippen LogP contribution in [0.2, 0.25) is 5.15 Å². The summed E-state index contributed by atoms with van der Waals surface area (Å²) in [4.78, 5) is 10.6. The van der Waals surface area contributed by atoms with Gasteiger partial charge >= 0.3 is 0 Å². The summed E-state index contributed by atoms with van der Waals surface area (Å²) in [6.45, 7) is 0.945. The fraction of sp³-hybridized carbons (Fsp3) is 0.222. The lowest BCUT2D eigenvalue weighted by Crippen LogP contribution is -2.24. The molecule has 4 nitrogen and oxygen atoms in total. The summed E-state index contributed by atoms with van der Waals surface area (Å²) in [6, 6.07) is 17.0. The summed E-state index contributed by atoms with van der Waals surface area (Å²) in [5.74, 6) is 1.02. The molecule has 4 rings (SSSR count). The standard InChI is InChI=1S/C18H17ClN4/c19-16-11-17(22-18(20)21-16)23-10-4-9-15(23)14-8-3-6-12-5-1-2-7-13(12)14/h1-3,5-8,11,15H,4,9-10H2,(H2,20,21,22)/t15-/m1/s1. The Kier molecular flexibility index (Phi) is 3.54. The second-order valence-electron chi connectivity index (χ2n) is 5.83. The Hall–Kier alpha value is -2.33. The van der Waals surface area contributed by atoms with Gasteiger partial charge in [0.1, 0.15) is 11.0 Å². The van der Waals surface area contributed by atoms with Crippen molar-refractivity contribution in [3.05, 3.63) is 59.2 Å². The van der Waals surface area contributed by atoms with E-state index in [1.807, 2.05) is 0 Å². The van der Waals surface area contributed by atoms with E-state index in [-0.39, 0.29) is 12.0 Å². The van der Waals surface area contributed by atoms with Crippen LogP contribution in [0.15, 0.2) is 48.5 Å². The van der Waals surface area contributed by atoms with E-state index >= 15 is 0 Å². The molecule has 0 spiro atoms. The maximum absolute atomic E-state index is 6.06. The van der Waals surface area contributed by atoms with Crippen molar-refractivity contribution in [3.63, 3.8) is 0 Å². The van der Waals surface area contributed by atoms with Gasteiger partial charge in [-0.05, 0) is 29.2 Å². The van der Waals surface area contributed by atoms with Gasteiger partial charge in [0.2, 0.25) is 5.95 Å². The SMILES string of the molecule is Nc1nc(Cl)cc(N2CCC[C@@H]2c2cccc3ccccc23)n1. The van der Waals surface area contributed by atoms with Crippen molar-refractivity contribution in [1.29, 1.82) is 0 Å². The Bertz CT molecular complexity index is 839. The molecule has 1 atom stereocenters. The average Bonchev–Trinajstić information content (AvgIpc) is 3.03. The Labute approximate surface area is 139 Å². The summed E-state index contributed by atoms with van der Waals surface area (Å²) in [5.41, 5.74) is 7.10. The molecule has 2 heterocycles. The molecule has 1 fully saturated rings. The van der Waals surface area contributed by atoms with Crippen molar-refractivity contribution >= 4 is 34.1 Å². The highest BCUT2D eigenvalue weighted by atomic mass is 35.5. The molecule has 1 aliphatic heterocycles. The number of benzene rings is 2. The molecule has 23 heavy (non-hydrogen) atoms. The van der Waals surface area contributed by atoms with Crippen LogP contribution in [0.3, 0.4) is 0 Å². The summed E-state index contributed by atoms with van der Waals surface area (Å²) in [7, 11) is 0. The Morgan fingerprint density at radius 1 is 1.09 bits per heavy atom. The van der Waals surface area contributed by atoms with Crippen LogP contribution < -0.4 is 10.6 Å². The van der Waals surface area contributed by atoms with Crippen molar-refractivity contribution in [2.24, 2.45) is 0 Å². The molecule has 0 bridgehead atoms. The van der Waals surface area contributed by atoms with Crippen LogP contribution in [0.25, 0.3) is 10.8 Å². The minimum atomic E-state index is 0.219. The molecule has 1 aromatic heterocycles. The number of nitrogens with two attached hydrogens (primary N) is 1. The number of rotatable bonds is 2. The number of hydrogen-bond acceptors (Lipinski definition) is 4. The Morgan fingerprint density at radius 3 is 2.78 bits per heavy atom. The quantitative estimate of drug-likeness (QED) is 0.717. The number of nitrogens with zero attached hydrogens (tertiary/aromatic N) is 3. The van der Waals surface area contributed by atoms with E-state index in [2.05, 4.69) is 57.3 Å². The largest absolute Gasteiger partial charge is 0.368 e. The number of nitrogen functional groups attached to an aromatic ring is 1. The predicted molar refractivity (Wildman–Crippen MR) is 94.7 cm³/mol. The van der Waals surface area contributed by atoms with Crippen molar-refractivity contribution in [2.45, 2.75) is 18.9 Å². The molecule has 5 heteroatoms. The van der Waals surface area contributed by atoms with Crippen LogP contribution >= 0.6 is 11.6 Å². The number of hydrogen-bond donors (Lipinski definition) is 1. The first-order chi connectivity index (χ1) is 11.2. The van der Waals surface area contributed by atoms with E-state index in [4.69, 9.17) is 17.3 Å². The summed E-state index contributed by atoms with van der Waals surface area (Å²) >= 11 is 6.06. The normalized spacial score (nSPS) is 17.8. The number of aromatic nitrogens is 2. The van der Waals surface area contributed by atoms with Crippen LogP contribution in [0, 0.1) is 0 Å². The van der Waals surface area contributed by atoms with E-state index in [1.165, 1.54) is 16.3 Å². The smallest absolute Gasteiger partial charge is 0.223 e. The monoisotopic (exact) mass is 324 g/mol. The third kappa shape index (κ3) is 2.59. The van der Waals surface area contributed by atoms with Gasteiger partial charge in [-0.2, -0.15) is 4.98 Å². The molecule has 0 aliphatic carbocycles. The summed E-state index contributed by atoms with van der Waals surface area (Å²) < 4.78 is 0. The van der Waals surface area contributed by atoms with Crippen molar-refractivity contribution < 1.29 is 0 Å². The molecule has 2 N–H and O–H groups in total. The van der Waals surface area contributed by atoms with Gasteiger partial charge in [-0.1, -0.05) is 54.1 Å². The van der Waals surface area contributed by atoms with Crippen molar-refractivity contribution in [1.82, 2.24) is 9.97 Å². The molecule has 2 aromatic carbocycles. The number of fused-ring (bicyclic) bond motifs is 1. The molecular weight excluding hydrogens is 308 g/mol. The van der Waals surface area contributed by atoms with Crippen LogP contribution in [0.1, 0.15) is 24.4 Å². The van der Waals surface area contributed by atoms with Gasteiger partial charge in [0, 0.05) is 12.6 Å². The van der Waals surface area contributed by atoms with Gasteiger partial charge in [-0.3, -0.25) is 0 Å². The average molecular weight is 325 g/mol. The van der Waals surface area contributed by atoms with Crippen molar-refractivity contribution in [3.8, 4) is 0 Å². The van der Waals surface area contributed by atoms with E-state index in [0.717, 1.165) is 25.2 Å². The predicted octanol–water partition coefficient (Wildman–Crippen LogP) is 4.21. The molecule has 1 saturated heterocycles. The summed E-state index contributed by atoms with van der Waals surface area (Å²) in [5, 5.41) is 2.94. The maximum Gasteiger partial charge on any atom is 0.223 e. The van der Waals surface area contributed by atoms with E-state index < -0.39 is 0 Å². The number of halogens is 1. The van der Waals surface area contributed by atoms with Gasteiger partial charge in [-0.15, -0.1) is 0 Å². The van der Waals surface area contributed by atoms with Gasteiger partial charge in [0.05, 0.1) is 6.04 Å². The maximum atomic E-state index is 6.06.